The molecule has 0 atom stereocenters. The summed E-state index contributed by atoms with van der Waals surface area (Å²) < 4.78 is 5.01. The van der Waals surface area contributed by atoms with Gasteiger partial charge < -0.3 is 15.5 Å². The van der Waals surface area contributed by atoms with Gasteiger partial charge in [0.2, 0.25) is 5.88 Å². The fraction of sp³-hybridized carbons (Fsp3) is 0. The van der Waals surface area contributed by atoms with E-state index in [0.29, 0.717) is 22.1 Å². The maximum Gasteiger partial charge on any atom is 0.345 e. The number of anilines is 3. The molecule has 0 saturated heterocycles. The molecule has 7 nitrogen and oxygen atoms in total. The first-order valence-corrected chi connectivity index (χ1v) is 6.39. The van der Waals surface area contributed by atoms with Crippen molar-refractivity contribution in [2.75, 3.05) is 11.1 Å². The van der Waals surface area contributed by atoms with Gasteiger partial charge in [0, 0.05) is 23.2 Å². The molecule has 0 unspecified atom stereocenters. The third kappa shape index (κ3) is 2.35. The van der Waals surface area contributed by atoms with Crippen LogP contribution in [0.5, 0.6) is 0 Å². The van der Waals surface area contributed by atoms with Crippen LogP contribution in [0.3, 0.4) is 0 Å². The SMILES string of the molecule is Nc1oc(=O)c2ccccc2c1Nc1ccc([N+](=O)[O-])cc1. The Morgan fingerprint density at radius 3 is 2.32 bits per heavy atom. The van der Waals surface area contributed by atoms with Crippen molar-refractivity contribution < 1.29 is 9.34 Å². The average Bonchev–Trinajstić information content (AvgIpc) is 2.52. The molecule has 7 heteroatoms. The molecule has 0 aliphatic carbocycles. The van der Waals surface area contributed by atoms with Gasteiger partial charge in [0.25, 0.3) is 5.69 Å². The van der Waals surface area contributed by atoms with Crippen molar-refractivity contribution in [2.45, 2.75) is 0 Å². The summed E-state index contributed by atoms with van der Waals surface area (Å²) in [6, 6.07) is 12.7. The number of nitrogen functional groups attached to an aromatic ring is 1. The Balaban J connectivity index is 2.07. The van der Waals surface area contributed by atoms with Crippen LogP contribution in [0.4, 0.5) is 22.9 Å². The number of nitro benzene ring substituents is 1. The highest BCUT2D eigenvalue weighted by Crippen LogP contribution is 2.30. The van der Waals surface area contributed by atoms with Crippen molar-refractivity contribution in [1.82, 2.24) is 0 Å². The van der Waals surface area contributed by atoms with Gasteiger partial charge in [-0.25, -0.2) is 4.79 Å². The molecule has 0 fully saturated rings. The number of benzene rings is 2. The highest BCUT2D eigenvalue weighted by molar-refractivity contribution is 5.98. The number of nitrogens with two attached hydrogens (primary N) is 1. The Hall–Kier alpha value is -3.35. The predicted octanol–water partition coefficient (Wildman–Crippen LogP) is 3.03. The monoisotopic (exact) mass is 297 g/mol. The number of nitrogens with zero attached hydrogens (tertiary/aromatic N) is 1. The van der Waals surface area contributed by atoms with Crippen molar-refractivity contribution in [1.29, 1.82) is 0 Å². The number of nitro groups is 1. The van der Waals surface area contributed by atoms with E-state index in [-0.39, 0.29) is 11.6 Å². The lowest BCUT2D eigenvalue weighted by molar-refractivity contribution is -0.384. The van der Waals surface area contributed by atoms with Crippen molar-refractivity contribution >= 4 is 33.7 Å². The summed E-state index contributed by atoms with van der Waals surface area (Å²) in [5.74, 6) is -0.0398. The van der Waals surface area contributed by atoms with E-state index in [1.54, 1.807) is 36.4 Å². The summed E-state index contributed by atoms with van der Waals surface area (Å²) in [7, 11) is 0. The molecule has 0 bridgehead atoms. The van der Waals surface area contributed by atoms with E-state index >= 15 is 0 Å². The molecule has 0 spiro atoms. The highest BCUT2D eigenvalue weighted by atomic mass is 16.6. The lowest BCUT2D eigenvalue weighted by Crippen LogP contribution is -2.06. The second-order valence-corrected chi connectivity index (χ2v) is 4.60. The zero-order chi connectivity index (χ0) is 15.7. The van der Waals surface area contributed by atoms with E-state index in [1.807, 2.05) is 0 Å². The van der Waals surface area contributed by atoms with Crippen molar-refractivity contribution in [3.8, 4) is 0 Å². The smallest absolute Gasteiger partial charge is 0.345 e. The van der Waals surface area contributed by atoms with Crippen LogP contribution in [0, 0.1) is 10.1 Å². The Kier molecular flexibility index (Phi) is 3.23. The van der Waals surface area contributed by atoms with Crippen molar-refractivity contribution in [3.63, 3.8) is 0 Å². The van der Waals surface area contributed by atoms with E-state index in [9.17, 15) is 14.9 Å². The minimum atomic E-state index is -0.512. The minimum absolute atomic E-state index is 0.0111. The van der Waals surface area contributed by atoms with Gasteiger partial charge in [-0.05, 0) is 18.2 Å². The summed E-state index contributed by atoms with van der Waals surface area (Å²) in [4.78, 5) is 21.9. The average molecular weight is 297 g/mol. The molecule has 3 rings (SSSR count). The molecule has 1 aromatic heterocycles. The molecule has 3 N–H and O–H groups in total. The minimum Gasteiger partial charge on any atom is -0.404 e. The molecular formula is C15H11N3O4. The van der Waals surface area contributed by atoms with Crippen LogP contribution in [-0.4, -0.2) is 4.92 Å². The molecule has 0 radical (unpaired) electrons. The van der Waals surface area contributed by atoms with Crippen LogP contribution in [-0.2, 0) is 0 Å². The van der Waals surface area contributed by atoms with Crippen LogP contribution in [0.15, 0.2) is 57.7 Å². The molecule has 0 aliphatic heterocycles. The first-order chi connectivity index (χ1) is 10.6. The van der Waals surface area contributed by atoms with Crippen LogP contribution in [0.2, 0.25) is 0 Å². The zero-order valence-electron chi connectivity index (χ0n) is 11.3. The molecule has 2 aromatic carbocycles. The van der Waals surface area contributed by atoms with Gasteiger partial charge in [0.15, 0.2) is 0 Å². The molecule has 22 heavy (non-hydrogen) atoms. The van der Waals surface area contributed by atoms with Gasteiger partial charge in [-0.3, -0.25) is 10.1 Å². The van der Waals surface area contributed by atoms with E-state index in [4.69, 9.17) is 10.2 Å². The maximum absolute atomic E-state index is 11.8. The van der Waals surface area contributed by atoms with Gasteiger partial charge in [-0.15, -0.1) is 0 Å². The molecular weight excluding hydrogens is 286 g/mol. The van der Waals surface area contributed by atoms with Crippen LogP contribution in [0.1, 0.15) is 0 Å². The number of non-ortho nitro benzene ring substituents is 1. The third-order valence-corrected chi connectivity index (χ3v) is 3.21. The van der Waals surface area contributed by atoms with Crippen LogP contribution >= 0.6 is 0 Å². The fourth-order valence-electron chi connectivity index (χ4n) is 2.16. The summed E-state index contributed by atoms with van der Waals surface area (Å²) in [6.45, 7) is 0. The number of hydrogen-bond acceptors (Lipinski definition) is 6. The van der Waals surface area contributed by atoms with Crippen LogP contribution in [0.25, 0.3) is 10.8 Å². The molecule has 110 valence electrons. The number of fused-ring (bicyclic) bond motifs is 1. The number of hydrogen-bond donors (Lipinski definition) is 2. The van der Waals surface area contributed by atoms with Gasteiger partial charge in [-0.1, -0.05) is 18.2 Å². The van der Waals surface area contributed by atoms with Gasteiger partial charge in [0.05, 0.1) is 10.3 Å². The van der Waals surface area contributed by atoms with E-state index in [2.05, 4.69) is 5.32 Å². The van der Waals surface area contributed by atoms with Gasteiger partial charge in [0.1, 0.15) is 5.69 Å². The Morgan fingerprint density at radius 1 is 1.05 bits per heavy atom. The molecule has 0 aliphatic rings. The zero-order valence-corrected chi connectivity index (χ0v) is 11.3. The summed E-state index contributed by atoms with van der Waals surface area (Å²) >= 11 is 0. The Bertz CT molecular complexity index is 916. The van der Waals surface area contributed by atoms with Gasteiger partial charge >= 0.3 is 5.63 Å². The summed E-state index contributed by atoms with van der Waals surface area (Å²) in [5, 5.41) is 14.7. The summed E-state index contributed by atoms with van der Waals surface area (Å²) in [5.41, 5.74) is 6.30. The predicted molar refractivity (Wildman–Crippen MR) is 83.3 cm³/mol. The van der Waals surface area contributed by atoms with Gasteiger partial charge in [-0.2, -0.15) is 0 Å². The molecule has 0 saturated carbocycles. The Labute approximate surface area is 124 Å². The largest absolute Gasteiger partial charge is 0.404 e. The first kappa shape index (κ1) is 13.6. The first-order valence-electron chi connectivity index (χ1n) is 6.39. The normalized spacial score (nSPS) is 10.5. The summed E-state index contributed by atoms with van der Waals surface area (Å²) in [6.07, 6.45) is 0. The lowest BCUT2D eigenvalue weighted by Gasteiger charge is -2.10. The fourth-order valence-corrected chi connectivity index (χ4v) is 2.16. The molecule has 3 aromatic rings. The van der Waals surface area contributed by atoms with Crippen molar-refractivity contribution in [2.24, 2.45) is 0 Å². The van der Waals surface area contributed by atoms with Crippen molar-refractivity contribution in [3.05, 3.63) is 69.1 Å². The standard InChI is InChI=1S/C15H11N3O4/c16-14-13(11-3-1-2-4-12(11)15(19)22-14)17-9-5-7-10(8-6-9)18(20)21/h1-8,17H,16H2. The molecule has 0 amide bonds. The van der Waals surface area contributed by atoms with E-state index in [1.165, 1.54) is 12.1 Å². The highest BCUT2D eigenvalue weighted by Gasteiger charge is 2.12. The molecule has 1 heterocycles. The topological polar surface area (TPSA) is 111 Å². The maximum atomic E-state index is 11.8. The lowest BCUT2D eigenvalue weighted by atomic mass is 10.1. The third-order valence-electron chi connectivity index (χ3n) is 3.21. The number of nitrogens with one attached hydrogen (secondary N) is 1. The quantitative estimate of drug-likeness (QED) is 0.567. The second-order valence-electron chi connectivity index (χ2n) is 4.60. The van der Waals surface area contributed by atoms with Crippen LogP contribution < -0.4 is 16.7 Å². The second kappa shape index (κ2) is 5.21. The van der Waals surface area contributed by atoms with E-state index < -0.39 is 10.5 Å². The number of rotatable bonds is 3. The van der Waals surface area contributed by atoms with E-state index in [0.717, 1.165) is 0 Å². The Morgan fingerprint density at radius 2 is 1.68 bits per heavy atom.